The summed E-state index contributed by atoms with van der Waals surface area (Å²) in [4.78, 5) is 12.5. The Morgan fingerprint density at radius 2 is 2.09 bits per heavy atom. The zero-order valence-corrected chi connectivity index (χ0v) is 13.0. The normalized spacial score (nSPS) is 14.8. The maximum atomic E-state index is 12.5. The average Bonchev–Trinajstić information content (AvgIpc) is 2.87. The van der Waals surface area contributed by atoms with Crippen LogP contribution in [0, 0.1) is 0 Å². The highest BCUT2D eigenvalue weighted by Crippen LogP contribution is 2.26. The molecule has 0 aliphatic carbocycles. The Bertz CT molecular complexity index is 703. The van der Waals surface area contributed by atoms with E-state index in [0.717, 1.165) is 11.1 Å². The van der Waals surface area contributed by atoms with Crippen LogP contribution in [0.15, 0.2) is 42.5 Å². The fourth-order valence-electron chi connectivity index (χ4n) is 2.75. The number of carbonyl (C=O) groups excluding carboxylic acids is 1. The molecule has 0 saturated carbocycles. The number of halogens is 1. The predicted molar refractivity (Wildman–Crippen MR) is 87.7 cm³/mol. The van der Waals surface area contributed by atoms with Gasteiger partial charge in [-0.2, -0.15) is 0 Å². The van der Waals surface area contributed by atoms with Crippen molar-refractivity contribution in [3.63, 3.8) is 0 Å². The van der Waals surface area contributed by atoms with E-state index in [2.05, 4.69) is 0 Å². The zero-order valence-electron chi connectivity index (χ0n) is 12.3. The minimum atomic E-state index is -0.967. The summed E-state index contributed by atoms with van der Waals surface area (Å²) in [6.07, 6.45) is 0.374. The molecule has 1 aliphatic heterocycles. The first kappa shape index (κ1) is 15.3. The monoisotopic (exact) mass is 314 g/mol. The van der Waals surface area contributed by atoms with Crippen molar-refractivity contribution in [2.24, 2.45) is 0 Å². The minimum Gasteiger partial charge on any atom is -0.423 e. The summed E-state index contributed by atoms with van der Waals surface area (Å²) in [5, 5.41) is 10.2. The number of ketones is 1. The van der Waals surface area contributed by atoms with Crippen LogP contribution < -0.4 is 5.46 Å². The van der Waals surface area contributed by atoms with Gasteiger partial charge in [0, 0.05) is 12.0 Å². The number of hydrogen-bond donors (Lipinski definition) is 1. The van der Waals surface area contributed by atoms with Crippen LogP contribution in [0.2, 0.25) is 5.02 Å². The molecule has 112 valence electrons. The second-order valence-electron chi connectivity index (χ2n) is 5.63. The first-order valence-corrected chi connectivity index (χ1v) is 7.64. The van der Waals surface area contributed by atoms with Gasteiger partial charge in [0.15, 0.2) is 5.78 Å². The van der Waals surface area contributed by atoms with Gasteiger partial charge in [-0.05, 0) is 34.6 Å². The van der Waals surface area contributed by atoms with Crippen molar-refractivity contribution in [2.45, 2.75) is 25.9 Å². The van der Waals surface area contributed by atoms with Gasteiger partial charge in [0.25, 0.3) is 0 Å². The molecule has 0 radical (unpaired) electrons. The highest BCUT2D eigenvalue weighted by Gasteiger charge is 2.29. The smallest absolute Gasteiger partial charge is 0.423 e. The average molecular weight is 315 g/mol. The summed E-state index contributed by atoms with van der Waals surface area (Å²) in [6.45, 7) is 2.34. The Balaban J connectivity index is 1.82. The Hall–Kier alpha value is -1.62. The number of fused-ring (bicyclic) bond motifs is 1. The van der Waals surface area contributed by atoms with Gasteiger partial charge >= 0.3 is 7.12 Å². The van der Waals surface area contributed by atoms with Crippen molar-refractivity contribution in [1.82, 2.24) is 0 Å². The van der Waals surface area contributed by atoms with Gasteiger partial charge in [-0.15, -0.1) is 0 Å². The van der Waals surface area contributed by atoms with Gasteiger partial charge < -0.3 is 9.68 Å². The Morgan fingerprint density at radius 3 is 2.82 bits per heavy atom. The second kappa shape index (κ2) is 6.25. The van der Waals surface area contributed by atoms with Crippen molar-refractivity contribution >= 4 is 30.0 Å². The largest absolute Gasteiger partial charge is 0.491 e. The van der Waals surface area contributed by atoms with Gasteiger partial charge in [0.2, 0.25) is 0 Å². The Kier molecular flexibility index (Phi) is 4.34. The summed E-state index contributed by atoms with van der Waals surface area (Å²) in [5.41, 5.74) is 3.05. The highest BCUT2D eigenvalue weighted by molar-refractivity contribution is 6.61. The van der Waals surface area contributed by atoms with Crippen LogP contribution in [-0.4, -0.2) is 17.9 Å². The summed E-state index contributed by atoms with van der Waals surface area (Å²) in [7, 11) is -0.967. The van der Waals surface area contributed by atoms with E-state index >= 15 is 0 Å². The third-order valence-corrected chi connectivity index (χ3v) is 4.36. The van der Waals surface area contributed by atoms with Gasteiger partial charge in [0.1, 0.15) is 0 Å². The van der Waals surface area contributed by atoms with E-state index < -0.39 is 7.12 Å². The summed E-state index contributed by atoms with van der Waals surface area (Å²) >= 11 is 6.22. The second-order valence-corrected chi connectivity index (χ2v) is 6.04. The molecule has 0 saturated heterocycles. The summed E-state index contributed by atoms with van der Waals surface area (Å²) in [5.74, 6) is 0.0856. The molecular formula is C17H16BClO3. The zero-order chi connectivity index (χ0) is 15.7. The number of Topliss-reactive ketones (excluding diaryl/α,β-unsaturated/α-hetero) is 1. The first-order valence-electron chi connectivity index (χ1n) is 7.26. The number of benzene rings is 2. The third-order valence-electron chi connectivity index (χ3n) is 4.05. The van der Waals surface area contributed by atoms with E-state index in [1.54, 1.807) is 12.1 Å². The molecule has 2 aromatic carbocycles. The molecule has 3 nitrogen and oxygen atoms in total. The molecule has 0 fully saturated rings. The molecule has 0 amide bonds. The van der Waals surface area contributed by atoms with E-state index in [0.29, 0.717) is 29.1 Å². The fraction of sp³-hybridized carbons (Fsp3) is 0.235. The molecule has 1 N–H and O–H groups in total. The lowest BCUT2D eigenvalue weighted by molar-refractivity contribution is 0.0976. The fourth-order valence-corrected chi connectivity index (χ4v) is 3.04. The molecule has 0 spiro atoms. The van der Waals surface area contributed by atoms with Crippen LogP contribution >= 0.6 is 11.6 Å². The topological polar surface area (TPSA) is 46.5 Å². The quantitative estimate of drug-likeness (QED) is 0.697. The minimum absolute atomic E-state index is 0.0248. The van der Waals surface area contributed by atoms with Crippen LogP contribution in [0.4, 0.5) is 0 Å². The molecule has 22 heavy (non-hydrogen) atoms. The van der Waals surface area contributed by atoms with Gasteiger partial charge in [0.05, 0.1) is 11.6 Å². The summed E-state index contributed by atoms with van der Waals surface area (Å²) in [6, 6.07) is 13.3. The van der Waals surface area contributed by atoms with E-state index in [1.807, 2.05) is 37.3 Å². The molecule has 3 rings (SSSR count). The number of carbonyl (C=O) groups is 1. The molecule has 1 unspecified atom stereocenters. The Morgan fingerprint density at radius 1 is 1.36 bits per heavy atom. The van der Waals surface area contributed by atoms with Crippen LogP contribution in [0.25, 0.3) is 0 Å². The van der Waals surface area contributed by atoms with Crippen molar-refractivity contribution in [2.75, 3.05) is 0 Å². The predicted octanol–water partition coefficient (Wildman–Crippen LogP) is 2.93. The van der Waals surface area contributed by atoms with Crippen LogP contribution in [0.5, 0.6) is 0 Å². The maximum Gasteiger partial charge on any atom is 0.491 e. The number of rotatable bonds is 4. The molecule has 0 bridgehead atoms. The standard InChI is InChI=1S/C17H16BClO3/c1-11(12-5-3-2-4-6-12)7-17(20)14-9-15-13(8-16(14)19)10-22-18(15)21/h2-6,8-9,11,21H,7,10H2,1H3. The van der Waals surface area contributed by atoms with Crippen molar-refractivity contribution in [3.05, 3.63) is 64.2 Å². The van der Waals surface area contributed by atoms with Crippen LogP contribution in [0.1, 0.15) is 40.7 Å². The van der Waals surface area contributed by atoms with E-state index in [1.165, 1.54) is 0 Å². The lowest BCUT2D eigenvalue weighted by Gasteiger charge is -2.12. The van der Waals surface area contributed by atoms with Crippen LogP contribution in [0.3, 0.4) is 0 Å². The third kappa shape index (κ3) is 2.95. The van der Waals surface area contributed by atoms with Crippen molar-refractivity contribution in [1.29, 1.82) is 0 Å². The first-order chi connectivity index (χ1) is 10.6. The van der Waals surface area contributed by atoms with E-state index in [4.69, 9.17) is 16.3 Å². The highest BCUT2D eigenvalue weighted by atomic mass is 35.5. The Labute approximate surface area is 135 Å². The molecule has 1 aliphatic rings. The summed E-state index contributed by atoms with van der Waals surface area (Å²) < 4.78 is 5.15. The lowest BCUT2D eigenvalue weighted by atomic mass is 9.78. The van der Waals surface area contributed by atoms with Crippen LogP contribution in [-0.2, 0) is 11.3 Å². The maximum absolute atomic E-state index is 12.5. The molecular weight excluding hydrogens is 298 g/mol. The van der Waals surface area contributed by atoms with Crippen molar-refractivity contribution < 1.29 is 14.5 Å². The van der Waals surface area contributed by atoms with Crippen molar-refractivity contribution in [3.8, 4) is 0 Å². The van der Waals surface area contributed by atoms with E-state index in [-0.39, 0.29) is 11.7 Å². The molecule has 1 heterocycles. The number of hydrogen-bond acceptors (Lipinski definition) is 3. The van der Waals surface area contributed by atoms with E-state index in [9.17, 15) is 9.82 Å². The molecule has 2 aromatic rings. The van der Waals surface area contributed by atoms with Gasteiger partial charge in [-0.1, -0.05) is 48.9 Å². The lowest BCUT2D eigenvalue weighted by Crippen LogP contribution is -2.29. The molecule has 1 atom stereocenters. The van der Waals surface area contributed by atoms with Gasteiger partial charge in [-0.3, -0.25) is 4.79 Å². The SMILES string of the molecule is CC(CC(=O)c1cc2c(cc1Cl)COB2O)c1ccccc1. The molecule has 5 heteroatoms. The molecule has 0 aromatic heterocycles. The van der Waals surface area contributed by atoms with Gasteiger partial charge in [-0.25, -0.2) is 0 Å².